The first-order valence-corrected chi connectivity index (χ1v) is 10.8. The number of piperazine rings is 1. The van der Waals surface area contributed by atoms with E-state index in [0.29, 0.717) is 24.2 Å². The van der Waals surface area contributed by atoms with Gasteiger partial charge in [-0.05, 0) is 44.4 Å². The number of carbonyl (C=O) groups excluding carboxylic acids is 3. The predicted octanol–water partition coefficient (Wildman–Crippen LogP) is 1.30. The minimum absolute atomic E-state index is 0.174. The highest BCUT2D eigenvalue weighted by Gasteiger charge is 2.34. The quantitative estimate of drug-likeness (QED) is 0.676. The van der Waals surface area contributed by atoms with Crippen molar-refractivity contribution in [2.24, 2.45) is 0 Å². The first-order valence-electron chi connectivity index (χ1n) is 10.8. The summed E-state index contributed by atoms with van der Waals surface area (Å²) in [6, 6.07) is 7.03. The molecule has 0 radical (unpaired) electrons. The maximum atomic E-state index is 12.4. The van der Waals surface area contributed by atoms with Crippen molar-refractivity contribution in [3.8, 4) is 0 Å². The molecule has 156 valence electrons. The molecule has 0 saturated carbocycles. The van der Waals surface area contributed by atoms with E-state index in [1.54, 1.807) is 24.3 Å². The zero-order valence-electron chi connectivity index (χ0n) is 17.0. The van der Waals surface area contributed by atoms with Gasteiger partial charge >= 0.3 is 0 Å². The molecule has 1 aromatic rings. The zero-order chi connectivity index (χ0) is 20.2. The van der Waals surface area contributed by atoms with Gasteiger partial charge < -0.3 is 9.80 Å². The smallest absolute Gasteiger partial charge is 0.261 e. The van der Waals surface area contributed by atoms with Crippen LogP contribution in [0, 0.1) is 0 Å². The highest BCUT2D eigenvalue weighted by atomic mass is 16.2. The molecule has 2 fully saturated rings. The van der Waals surface area contributed by atoms with E-state index in [0.717, 1.165) is 65.1 Å². The van der Waals surface area contributed by atoms with Crippen LogP contribution in [0.25, 0.3) is 0 Å². The normalized spacial score (nSPS) is 21.0. The van der Waals surface area contributed by atoms with E-state index in [1.165, 1.54) is 11.3 Å². The number of carbonyl (C=O) groups is 3. The van der Waals surface area contributed by atoms with Crippen LogP contribution >= 0.6 is 0 Å². The van der Waals surface area contributed by atoms with Crippen LogP contribution < -0.4 is 0 Å². The predicted molar refractivity (Wildman–Crippen MR) is 110 cm³/mol. The lowest BCUT2D eigenvalue weighted by Crippen LogP contribution is -2.51. The van der Waals surface area contributed by atoms with Crippen LogP contribution in [0.1, 0.15) is 46.4 Å². The molecule has 3 heterocycles. The van der Waals surface area contributed by atoms with Crippen molar-refractivity contribution in [1.82, 2.24) is 19.6 Å². The van der Waals surface area contributed by atoms with Gasteiger partial charge in [-0.2, -0.15) is 0 Å². The number of hydrogen-bond acceptors (Lipinski definition) is 5. The minimum atomic E-state index is -0.174. The van der Waals surface area contributed by atoms with Gasteiger partial charge in [-0.25, -0.2) is 0 Å². The molecular weight excluding hydrogens is 368 g/mol. The van der Waals surface area contributed by atoms with Gasteiger partial charge in [0.1, 0.15) is 0 Å². The lowest BCUT2D eigenvalue weighted by Gasteiger charge is -2.36. The number of nitrogens with zero attached hydrogens (tertiary/aromatic N) is 4. The third kappa shape index (κ3) is 4.51. The van der Waals surface area contributed by atoms with Crippen LogP contribution in [-0.4, -0.2) is 96.2 Å². The summed E-state index contributed by atoms with van der Waals surface area (Å²) in [5.41, 5.74) is 1.04. The van der Waals surface area contributed by atoms with E-state index < -0.39 is 0 Å². The molecule has 0 spiro atoms. The van der Waals surface area contributed by atoms with E-state index in [2.05, 4.69) is 9.80 Å². The summed E-state index contributed by atoms with van der Waals surface area (Å²) < 4.78 is 0. The molecule has 7 heteroatoms. The number of benzene rings is 1. The number of hydrogen-bond donors (Lipinski definition) is 0. The average Bonchev–Trinajstić information content (AvgIpc) is 3.00. The molecule has 0 aromatic heterocycles. The molecule has 3 amide bonds. The Kier molecular flexibility index (Phi) is 6.25. The van der Waals surface area contributed by atoms with Crippen molar-refractivity contribution >= 4 is 17.7 Å². The monoisotopic (exact) mass is 398 g/mol. The highest BCUT2D eigenvalue weighted by molar-refractivity contribution is 6.21. The summed E-state index contributed by atoms with van der Waals surface area (Å²) in [5, 5.41) is 0. The number of fused-ring (bicyclic) bond motifs is 1. The molecule has 2 saturated heterocycles. The third-order valence-corrected chi connectivity index (χ3v) is 6.27. The average molecular weight is 399 g/mol. The fraction of sp³-hybridized carbons (Fsp3) is 0.591. The van der Waals surface area contributed by atoms with Crippen molar-refractivity contribution in [3.63, 3.8) is 0 Å². The van der Waals surface area contributed by atoms with Crippen molar-refractivity contribution in [2.45, 2.75) is 25.7 Å². The van der Waals surface area contributed by atoms with E-state index >= 15 is 0 Å². The Hall–Kier alpha value is -2.25. The Labute approximate surface area is 172 Å². The Morgan fingerprint density at radius 2 is 1.34 bits per heavy atom. The molecule has 29 heavy (non-hydrogen) atoms. The largest absolute Gasteiger partial charge is 0.342 e. The molecule has 0 atom stereocenters. The van der Waals surface area contributed by atoms with Crippen LogP contribution in [0.15, 0.2) is 24.3 Å². The Morgan fingerprint density at radius 3 is 1.97 bits per heavy atom. The zero-order valence-corrected chi connectivity index (χ0v) is 17.0. The lowest BCUT2D eigenvalue weighted by molar-refractivity contribution is -0.133. The molecule has 0 N–H and O–H groups in total. The van der Waals surface area contributed by atoms with Crippen LogP contribution in [0.4, 0.5) is 0 Å². The molecule has 0 bridgehead atoms. The summed E-state index contributed by atoms with van der Waals surface area (Å²) in [6.07, 6.45) is 4.28. The SMILES string of the molecule is O=C(CN1CCN(CCCN2C(=O)c3ccccc3C2=O)CC1)N1CCCCC1. The molecule has 4 rings (SSSR count). The summed E-state index contributed by atoms with van der Waals surface area (Å²) >= 11 is 0. The standard InChI is InChI=1S/C22H30N4O3/c27-20(25-10-4-1-5-11-25)17-24-15-13-23(14-16-24)9-6-12-26-21(28)18-7-2-3-8-19(18)22(26)29/h2-3,7-8H,1,4-6,9-17H2. The summed E-state index contributed by atoms with van der Waals surface area (Å²) in [7, 11) is 0. The van der Waals surface area contributed by atoms with Gasteiger partial charge in [0.05, 0.1) is 17.7 Å². The Bertz CT molecular complexity index is 732. The lowest BCUT2D eigenvalue weighted by atomic mass is 10.1. The Morgan fingerprint density at radius 1 is 0.759 bits per heavy atom. The summed E-state index contributed by atoms with van der Waals surface area (Å²) in [6.45, 7) is 7.32. The fourth-order valence-corrected chi connectivity index (χ4v) is 4.50. The second kappa shape index (κ2) is 9.05. The fourth-order valence-electron chi connectivity index (χ4n) is 4.50. The van der Waals surface area contributed by atoms with Crippen molar-refractivity contribution in [2.75, 3.05) is 58.9 Å². The maximum Gasteiger partial charge on any atom is 0.261 e. The van der Waals surface area contributed by atoms with Gasteiger partial charge in [0.15, 0.2) is 0 Å². The minimum Gasteiger partial charge on any atom is -0.342 e. The van der Waals surface area contributed by atoms with Crippen molar-refractivity contribution in [3.05, 3.63) is 35.4 Å². The van der Waals surface area contributed by atoms with Crippen LogP contribution in [0.5, 0.6) is 0 Å². The van der Waals surface area contributed by atoms with Crippen LogP contribution in [0.2, 0.25) is 0 Å². The number of likely N-dealkylation sites (tertiary alicyclic amines) is 1. The van der Waals surface area contributed by atoms with Gasteiger partial charge in [-0.3, -0.25) is 24.2 Å². The molecule has 7 nitrogen and oxygen atoms in total. The number of amides is 3. The Balaban J connectivity index is 1.17. The van der Waals surface area contributed by atoms with Gasteiger partial charge in [0.2, 0.25) is 5.91 Å². The summed E-state index contributed by atoms with van der Waals surface area (Å²) in [5.74, 6) is -0.0814. The second-order valence-electron chi connectivity index (χ2n) is 8.22. The molecule has 3 aliphatic heterocycles. The van der Waals surface area contributed by atoms with Gasteiger partial charge in [0.25, 0.3) is 11.8 Å². The van der Waals surface area contributed by atoms with Crippen LogP contribution in [0.3, 0.4) is 0 Å². The van der Waals surface area contributed by atoms with E-state index in [1.807, 2.05) is 4.90 Å². The molecular formula is C22H30N4O3. The van der Waals surface area contributed by atoms with Crippen LogP contribution in [-0.2, 0) is 4.79 Å². The first kappa shape index (κ1) is 20.0. The van der Waals surface area contributed by atoms with Gasteiger partial charge in [0, 0.05) is 45.8 Å². The molecule has 3 aliphatic rings. The third-order valence-electron chi connectivity index (χ3n) is 6.27. The van der Waals surface area contributed by atoms with E-state index in [4.69, 9.17) is 0 Å². The first-order chi connectivity index (χ1) is 14.1. The van der Waals surface area contributed by atoms with Crippen molar-refractivity contribution < 1.29 is 14.4 Å². The molecule has 0 unspecified atom stereocenters. The topological polar surface area (TPSA) is 64.2 Å². The van der Waals surface area contributed by atoms with E-state index in [-0.39, 0.29) is 17.7 Å². The maximum absolute atomic E-state index is 12.4. The highest BCUT2D eigenvalue weighted by Crippen LogP contribution is 2.22. The van der Waals surface area contributed by atoms with Gasteiger partial charge in [-0.1, -0.05) is 12.1 Å². The van der Waals surface area contributed by atoms with Crippen molar-refractivity contribution in [1.29, 1.82) is 0 Å². The number of piperidine rings is 1. The molecule has 1 aromatic carbocycles. The number of imide groups is 1. The molecule has 0 aliphatic carbocycles. The van der Waals surface area contributed by atoms with E-state index in [9.17, 15) is 14.4 Å². The summed E-state index contributed by atoms with van der Waals surface area (Å²) in [4.78, 5) is 45.2. The van der Waals surface area contributed by atoms with Gasteiger partial charge in [-0.15, -0.1) is 0 Å². The second-order valence-corrected chi connectivity index (χ2v) is 8.22. The number of rotatable bonds is 6.